The van der Waals surface area contributed by atoms with Gasteiger partial charge in [0, 0.05) is 25.2 Å². The molecular formula is C13H29N3. The maximum Gasteiger partial charge on any atom is 0.0192 e. The molecule has 1 heterocycles. The first kappa shape index (κ1) is 13.9. The zero-order valence-electron chi connectivity index (χ0n) is 11.3. The quantitative estimate of drug-likeness (QED) is 0.689. The Balaban J connectivity index is 2.10. The van der Waals surface area contributed by atoms with E-state index < -0.39 is 0 Å². The molecule has 0 bridgehead atoms. The number of hydrogen-bond acceptors (Lipinski definition) is 3. The highest BCUT2D eigenvalue weighted by Crippen LogP contribution is 2.06. The Morgan fingerprint density at radius 3 is 2.62 bits per heavy atom. The Morgan fingerprint density at radius 1 is 1.31 bits per heavy atom. The third-order valence-corrected chi connectivity index (χ3v) is 3.55. The summed E-state index contributed by atoms with van der Waals surface area (Å²) in [7, 11) is 0. The average molecular weight is 227 g/mol. The maximum absolute atomic E-state index is 3.65. The molecule has 2 atom stereocenters. The minimum atomic E-state index is 0.601. The van der Waals surface area contributed by atoms with Crippen LogP contribution in [-0.2, 0) is 0 Å². The van der Waals surface area contributed by atoms with E-state index in [2.05, 4.69) is 36.3 Å². The molecule has 1 aliphatic rings. The molecule has 0 aromatic carbocycles. The summed E-state index contributed by atoms with van der Waals surface area (Å²) in [5.74, 6) is 0. The molecule has 3 heteroatoms. The first-order valence-corrected chi connectivity index (χ1v) is 6.95. The standard InChI is InChI=1S/C13H29N3/c1-4-16(5-2)11-12(3)15-10-13-8-6-7-9-14-13/h12-15H,4-11H2,1-3H3. The average Bonchev–Trinajstić information content (AvgIpc) is 2.34. The van der Waals surface area contributed by atoms with Crippen LogP contribution in [0.4, 0.5) is 0 Å². The van der Waals surface area contributed by atoms with E-state index in [1.807, 2.05) is 0 Å². The fourth-order valence-electron chi connectivity index (χ4n) is 2.38. The molecule has 1 fully saturated rings. The highest BCUT2D eigenvalue weighted by atomic mass is 15.1. The SMILES string of the molecule is CCN(CC)CC(C)NCC1CCCCN1. The number of likely N-dealkylation sites (N-methyl/N-ethyl adjacent to an activating group) is 1. The van der Waals surface area contributed by atoms with Crippen LogP contribution in [0.25, 0.3) is 0 Å². The van der Waals surface area contributed by atoms with Gasteiger partial charge < -0.3 is 15.5 Å². The molecule has 1 rings (SSSR count). The first-order chi connectivity index (χ1) is 7.76. The van der Waals surface area contributed by atoms with Crippen LogP contribution >= 0.6 is 0 Å². The van der Waals surface area contributed by atoms with Crippen molar-refractivity contribution < 1.29 is 0 Å². The second-order valence-electron chi connectivity index (χ2n) is 4.94. The van der Waals surface area contributed by atoms with Crippen LogP contribution in [0.2, 0.25) is 0 Å². The van der Waals surface area contributed by atoms with Gasteiger partial charge in [0.25, 0.3) is 0 Å². The van der Waals surface area contributed by atoms with Crippen LogP contribution in [0, 0.1) is 0 Å². The lowest BCUT2D eigenvalue weighted by molar-refractivity contribution is 0.264. The summed E-state index contributed by atoms with van der Waals surface area (Å²) < 4.78 is 0. The number of hydrogen-bond donors (Lipinski definition) is 2. The lowest BCUT2D eigenvalue weighted by atomic mass is 10.0. The van der Waals surface area contributed by atoms with Crippen LogP contribution in [0.1, 0.15) is 40.0 Å². The van der Waals surface area contributed by atoms with E-state index in [1.165, 1.54) is 32.4 Å². The molecule has 0 aromatic rings. The molecule has 0 radical (unpaired) electrons. The Bertz CT molecular complexity index is 163. The summed E-state index contributed by atoms with van der Waals surface area (Å²) in [5.41, 5.74) is 0. The zero-order valence-corrected chi connectivity index (χ0v) is 11.3. The van der Waals surface area contributed by atoms with Crippen molar-refractivity contribution in [3.05, 3.63) is 0 Å². The number of nitrogens with one attached hydrogen (secondary N) is 2. The van der Waals surface area contributed by atoms with Crippen LogP contribution in [0.3, 0.4) is 0 Å². The van der Waals surface area contributed by atoms with E-state index in [4.69, 9.17) is 0 Å². The van der Waals surface area contributed by atoms with Crippen LogP contribution in [0.15, 0.2) is 0 Å². The molecule has 0 aliphatic carbocycles. The second-order valence-corrected chi connectivity index (χ2v) is 4.94. The molecule has 1 aliphatic heterocycles. The Kier molecular flexibility index (Phi) is 7.01. The number of rotatable bonds is 7. The van der Waals surface area contributed by atoms with Crippen molar-refractivity contribution in [2.75, 3.05) is 32.7 Å². The molecule has 0 spiro atoms. The Hall–Kier alpha value is -0.120. The van der Waals surface area contributed by atoms with Gasteiger partial charge in [-0.15, -0.1) is 0 Å². The van der Waals surface area contributed by atoms with E-state index >= 15 is 0 Å². The van der Waals surface area contributed by atoms with Gasteiger partial charge in [-0.2, -0.15) is 0 Å². The molecule has 0 saturated carbocycles. The first-order valence-electron chi connectivity index (χ1n) is 6.95. The molecular weight excluding hydrogens is 198 g/mol. The van der Waals surface area contributed by atoms with E-state index in [1.54, 1.807) is 0 Å². The fraction of sp³-hybridized carbons (Fsp3) is 1.00. The minimum Gasteiger partial charge on any atom is -0.313 e. The second kappa shape index (κ2) is 8.04. The topological polar surface area (TPSA) is 27.3 Å². The maximum atomic E-state index is 3.65. The van der Waals surface area contributed by atoms with Crippen molar-refractivity contribution in [2.45, 2.75) is 52.1 Å². The fourth-order valence-corrected chi connectivity index (χ4v) is 2.38. The predicted molar refractivity (Wildman–Crippen MR) is 70.9 cm³/mol. The van der Waals surface area contributed by atoms with Gasteiger partial charge in [-0.3, -0.25) is 0 Å². The largest absolute Gasteiger partial charge is 0.313 e. The minimum absolute atomic E-state index is 0.601. The van der Waals surface area contributed by atoms with Gasteiger partial charge in [-0.05, 0) is 39.4 Å². The molecule has 16 heavy (non-hydrogen) atoms. The van der Waals surface area contributed by atoms with Gasteiger partial charge in [-0.1, -0.05) is 20.3 Å². The summed E-state index contributed by atoms with van der Waals surface area (Å²) in [5, 5.41) is 7.23. The lowest BCUT2D eigenvalue weighted by Crippen LogP contribution is -2.47. The van der Waals surface area contributed by atoms with Crippen molar-refractivity contribution in [3.8, 4) is 0 Å². The van der Waals surface area contributed by atoms with E-state index in [0.717, 1.165) is 19.6 Å². The summed E-state index contributed by atoms with van der Waals surface area (Å²) in [6, 6.07) is 1.30. The highest BCUT2D eigenvalue weighted by molar-refractivity contribution is 4.76. The molecule has 0 aromatic heterocycles. The van der Waals surface area contributed by atoms with Crippen LogP contribution < -0.4 is 10.6 Å². The number of piperidine rings is 1. The van der Waals surface area contributed by atoms with Crippen molar-refractivity contribution in [2.24, 2.45) is 0 Å². The highest BCUT2D eigenvalue weighted by Gasteiger charge is 2.13. The molecule has 3 nitrogen and oxygen atoms in total. The molecule has 2 unspecified atom stereocenters. The van der Waals surface area contributed by atoms with Gasteiger partial charge >= 0.3 is 0 Å². The van der Waals surface area contributed by atoms with Crippen LogP contribution in [-0.4, -0.2) is 49.7 Å². The Morgan fingerprint density at radius 2 is 2.06 bits per heavy atom. The summed E-state index contributed by atoms with van der Waals surface area (Å²) in [6.45, 7) is 12.6. The van der Waals surface area contributed by atoms with E-state index in [0.29, 0.717) is 12.1 Å². The number of nitrogens with zero attached hydrogens (tertiary/aromatic N) is 1. The van der Waals surface area contributed by atoms with Gasteiger partial charge in [0.15, 0.2) is 0 Å². The van der Waals surface area contributed by atoms with Gasteiger partial charge in [0.05, 0.1) is 0 Å². The van der Waals surface area contributed by atoms with Gasteiger partial charge in [0.2, 0.25) is 0 Å². The summed E-state index contributed by atoms with van der Waals surface area (Å²) in [4.78, 5) is 2.48. The predicted octanol–water partition coefficient (Wildman–Crippen LogP) is 1.45. The molecule has 2 N–H and O–H groups in total. The lowest BCUT2D eigenvalue weighted by Gasteiger charge is -2.28. The van der Waals surface area contributed by atoms with Crippen molar-refractivity contribution in [1.29, 1.82) is 0 Å². The molecule has 96 valence electrons. The zero-order chi connectivity index (χ0) is 11.8. The monoisotopic (exact) mass is 227 g/mol. The van der Waals surface area contributed by atoms with E-state index in [-0.39, 0.29) is 0 Å². The third-order valence-electron chi connectivity index (χ3n) is 3.55. The normalized spacial score (nSPS) is 23.6. The van der Waals surface area contributed by atoms with Crippen LogP contribution in [0.5, 0.6) is 0 Å². The van der Waals surface area contributed by atoms with Crippen molar-refractivity contribution >= 4 is 0 Å². The summed E-state index contributed by atoms with van der Waals surface area (Å²) in [6.07, 6.45) is 4.08. The Labute approximate surface area is 101 Å². The van der Waals surface area contributed by atoms with Gasteiger partial charge in [0.1, 0.15) is 0 Å². The molecule has 0 amide bonds. The summed E-state index contributed by atoms with van der Waals surface area (Å²) >= 11 is 0. The van der Waals surface area contributed by atoms with Gasteiger partial charge in [-0.25, -0.2) is 0 Å². The third kappa shape index (κ3) is 5.28. The smallest absolute Gasteiger partial charge is 0.0192 e. The van der Waals surface area contributed by atoms with Crippen molar-refractivity contribution in [3.63, 3.8) is 0 Å². The molecule has 1 saturated heterocycles. The van der Waals surface area contributed by atoms with E-state index in [9.17, 15) is 0 Å². The van der Waals surface area contributed by atoms with Crippen molar-refractivity contribution in [1.82, 2.24) is 15.5 Å².